The molecule has 0 aliphatic rings. The Balaban J connectivity index is 2.03. The van der Waals surface area contributed by atoms with E-state index in [4.69, 9.17) is 40.2 Å². The van der Waals surface area contributed by atoms with Crippen LogP contribution in [0.3, 0.4) is 0 Å². The van der Waals surface area contributed by atoms with Crippen molar-refractivity contribution in [1.29, 1.82) is 0 Å². The second kappa shape index (κ2) is 9.07. The molecule has 26 heavy (non-hydrogen) atoms. The van der Waals surface area contributed by atoms with E-state index in [9.17, 15) is 4.79 Å². The number of para-hydroxylation sites is 1. The molecule has 2 aromatic carbocycles. The maximum atomic E-state index is 12.3. The summed E-state index contributed by atoms with van der Waals surface area (Å²) in [5.74, 6) is -0.109. The third kappa shape index (κ3) is 4.78. The van der Waals surface area contributed by atoms with Crippen molar-refractivity contribution in [3.05, 3.63) is 57.1 Å². The number of methoxy groups -OCH3 is 1. The van der Waals surface area contributed by atoms with Gasteiger partial charge in [-0.3, -0.25) is 15.6 Å². The van der Waals surface area contributed by atoms with Crippen molar-refractivity contribution in [3.63, 3.8) is 0 Å². The van der Waals surface area contributed by atoms with Crippen LogP contribution in [0.5, 0.6) is 5.75 Å². The van der Waals surface area contributed by atoms with Gasteiger partial charge in [0.05, 0.1) is 17.2 Å². The van der Waals surface area contributed by atoms with E-state index in [-0.39, 0.29) is 20.7 Å². The maximum Gasteiger partial charge on any atom is 0.269 e. The van der Waals surface area contributed by atoms with E-state index in [1.54, 1.807) is 0 Å². The van der Waals surface area contributed by atoms with Crippen molar-refractivity contribution in [2.75, 3.05) is 12.4 Å². The van der Waals surface area contributed by atoms with Gasteiger partial charge in [-0.25, -0.2) is 0 Å². The zero-order valence-corrected chi connectivity index (χ0v) is 16.9. The summed E-state index contributed by atoms with van der Waals surface area (Å²) >= 11 is 17.4. The molecule has 2 rings (SSSR count). The SMILES string of the molecule is CCc1cccc(C)c1NC(=S)NNC(=O)c1cc(Cl)c(OC)c(Cl)c1. The van der Waals surface area contributed by atoms with Gasteiger partial charge in [-0.15, -0.1) is 0 Å². The number of aryl methyl sites for hydroxylation is 2. The molecule has 3 N–H and O–H groups in total. The molecule has 0 spiro atoms. The molecule has 0 radical (unpaired) electrons. The van der Waals surface area contributed by atoms with Crippen LogP contribution in [0.4, 0.5) is 5.69 Å². The number of hydrogen-bond acceptors (Lipinski definition) is 3. The van der Waals surface area contributed by atoms with Gasteiger partial charge in [0.25, 0.3) is 5.91 Å². The smallest absolute Gasteiger partial charge is 0.269 e. The second-order valence-corrected chi connectivity index (χ2v) is 6.69. The van der Waals surface area contributed by atoms with Crippen LogP contribution in [0.1, 0.15) is 28.4 Å². The highest BCUT2D eigenvalue weighted by molar-refractivity contribution is 7.80. The molecule has 0 bridgehead atoms. The number of carbonyl (C=O) groups is 1. The summed E-state index contributed by atoms with van der Waals surface area (Å²) in [6, 6.07) is 8.95. The van der Waals surface area contributed by atoms with Crippen LogP contribution in [0, 0.1) is 6.92 Å². The number of hydrazine groups is 1. The summed E-state index contributed by atoms with van der Waals surface area (Å²) in [6.45, 7) is 4.05. The van der Waals surface area contributed by atoms with Crippen molar-refractivity contribution in [1.82, 2.24) is 10.9 Å². The molecular formula is C18H19Cl2N3O2S. The Kier molecular flexibility index (Phi) is 7.08. The molecule has 0 unspecified atom stereocenters. The summed E-state index contributed by atoms with van der Waals surface area (Å²) in [4.78, 5) is 12.3. The van der Waals surface area contributed by atoms with Crippen LogP contribution in [-0.4, -0.2) is 18.1 Å². The molecule has 0 fully saturated rings. The van der Waals surface area contributed by atoms with Crippen LogP contribution >= 0.6 is 35.4 Å². The summed E-state index contributed by atoms with van der Waals surface area (Å²) < 4.78 is 5.07. The molecule has 0 atom stereocenters. The van der Waals surface area contributed by atoms with E-state index >= 15 is 0 Å². The fourth-order valence-corrected chi connectivity index (χ4v) is 3.21. The molecule has 0 saturated carbocycles. The normalized spacial score (nSPS) is 10.2. The molecular weight excluding hydrogens is 393 g/mol. The molecule has 0 saturated heterocycles. The van der Waals surface area contributed by atoms with Crippen molar-refractivity contribution in [3.8, 4) is 5.75 Å². The summed E-state index contributed by atoms with van der Waals surface area (Å²) in [5.41, 5.74) is 8.60. The van der Waals surface area contributed by atoms with E-state index in [2.05, 4.69) is 23.1 Å². The Bertz CT molecular complexity index is 820. The van der Waals surface area contributed by atoms with Gasteiger partial charge >= 0.3 is 0 Å². The lowest BCUT2D eigenvalue weighted by Crippen LogP contribution is -2.44. The van der Waals surface area contributed by atoms with E-state index in [1.165, 1.54) is 19.2 Å². The number of carbonyl (C=O) groups excluding carboxylic acids is 1. The minimum Gasteiger partial charge on any atom is -0.494 e. The van der Waals surface area contributed by atoms with Crippen molar-refractivity contribution >= 4 is 52.1 Å². The summed E-state index contributed by atoms with van der Waals surface area (Å²) in [5, 5.41) is 3.88. The second-order valence-electron chi connectivity index (χ2n) is 5.47. The fourth-order valence-electron chi connectivity index (χ4n) is 2.42. The first-order valence-electron chi connectivity index (χ1n) is 7.86. The van der Waals surface area contributed by atoms with Crippen LogP contribution < -0.4 is 20.9 Å². The lowest BCUT2D eigenvalue weighted by Gasteiger charge is -2.16. The van der Waals surface area contributed by atoms with E-state index in [0.717, 1.165) is 23.2 Å². The highest BCUT2D eigenvalue weighted by Gasteiger charge is 2.14. The number of hydrogen-bond donors (Lipinski definition) is 3. The number of halogens is 2. The summed E-state index contributed by atoms with van der Waals surface area (Å²) in [7, 11) is 1.45. The zero-order chi connectivity index (χ0) is 19.3. The largest absolute Gasteiger partial charge is 0.494 e. The molecule has 0 aromatic heterocycles. The van der Waals surface area contributed by atoms with Crippen LogP contribution in [0.2, 0.25) is 10.0 Å². The van der Waals surface area contributed by atoms with Crippen LogP contribution in [0.25, 0.3) is 0 Å². The lowest BCUT2D eigenvalue weighted by atomic mass is 10.1. The third-order valence-corrected chi connectivity index (χ3v) is 4.50. The Morgan fingerprint density at radius 3 is 2.42 bits per heavy atom. The summed E-state index contributed by atoms with van der Waals surface area (Å²) in [6.07, 6.45) is 0.863. The number of ether oxygens (including phenoxy) is 1. The lowest BCUT2D eigenvalue weighted by molar-refractivity contribution is 0.0944. The number of rotatable bonds is 4. The monoisotopic (exact) mass is 411 g/mol. The Morgan fingerprint density at radius 1 is 1.19 bits per heavy atom. The molecule has 138 valence electrons. The molecule has 8 heteroatoms. The first kappa shape index (κ1) is 20.3. The molecule has 0 aliphatic carbocycles. The van der Waals surface area contributed by atoms with Crippen LogP contribution in [0.15, 0.2) is 30.3 Å². The van der Waals surface area contributed by atoms with E-state index < -0.39 is 5.91 Å². The number of anilines is 1. The van der Waals surface area contributed by atoms with Gasteiger partial charge in [0, 0.05) is 11.3 Å². The average molecular weight is 412 g/mol. The zero-order valence-electron chi connectivity index (χ0n) is 14.6. The van der Waals surface area contributed by atoms with E-state index in [0.29, 0.717) is 5.75 Å². The molecule has 0 aliphatic heterocycles. The number of benzene rings is 2. The maximum absolute atomic E-state index is 12.3. The minimum atomic E-state index is -0.430. The third-order valence-electron chi connectivity index (χ3n) is 3.73. The van der Waals surface area contributed by atoms with Crippen molar-refractivity contribution in [2.45, 2.75) is 20.3 Å². The van der Waals surface area contributed by atoms with Gasteiger partial charge in [0.1, 0.15) is 0 Å². The standard InChI is InChI=1S/C18H19Cl2N3O2S/c1-4-11-7-5-6-10(2)15(11)21-18(26)23-22-17(24)12-8-13(19)16(25-3)14(20)9-12/h5-9H,4H2,1-3H3,(H,22,24)(H2,21,23,26). The molecule has 2 aromatic rings. The van der Waals surface area contributed by atoms with E-state index in [1.807, 2.05) is 25.1 Å². The fraction of sp³-hybridized carbons (Fsp3) is 0.222. The highest BCUT2D eigenvalue weighted by Crippen LogP contribution is 2.33. The number of thiocarbonyl (C=S) groups is 1. The van der Waals surface area contributed by atoms with Gasteiger partial charge in [0.2, 0.25) is 0 Å². The predicted molar refractivity (Wildman–Crippen MR) is 110 cm³/mol. The quantitative estimate of drug-likeness (QED) is 0.510. The van der Waals surface area contributed by atoms with Gasteiger partial charge in [0.15, 0.2) is 10.9 Å². The number of amides is 1. The average Bonchev–Trinajstić information content (AvgIpc) is 2.61. The van der Waals surface area contributed by atoms with Crippen molar-refractivity contribution in [2.24, 2.45) is 0 Å². The highest BCUT2D eigenvalue weighted by atomic mass is 35.5. The molecule has 0 heterocycles. The van der Waals surface area contributed by atoms with Gasteiger partial charge in [-0.1, -0.05) is 48.3 Å². The molecule has 5 nitrogen and oxygen atoms in total. The Hall–Kier alpha value is -2.02. The van der Waals surface area contributed by atoms with Gasteiger partial charge < -0.3 is 10.1 Å². The van der Waals surface area contributed by atoms with Gasteiger partial charge in [-0.2, -0.15) is 0 Å². The topological polar surface area (TPSA) is 62.4 Å². The van der Waals surface area contributed by atoms with Crippen molar-refractivity contribution < 1.29 is 9.53 Å². The van der Waals surface area contributed by atoms with Crippen LogP contribution in [-0.2, 0) is 6.42 Å². The predicted octanol–water partition coefficient (Wildman–Crippen LogP) is 4.50. The Morgan fingerprint density at radius 2 is 1.85 bits per heavy atom. The Labute approximate surface area is 168 Å². The first-order valence-corrected chi connectivity index (χ1v) is 9.02. The first-order chi connectivity index (χ1) is 12.4. The number of nitrogens with one attached hydrogen (secondary N) is 3. The van der Waals surface area contributed by atoms with Gasteiger partial charge in [-0.05, 0) is 48.8 Å². The molecule has 1 amide bonds. The minimum absolute atomic E-state index is 0.248.